The minimum Gasteiger partial charge on any atom is -0.493 e. The van der Waals surface area contributed by atoms with Gasteiger partial charge >= 0.3 is 5.97 Å². The van der Waals surface area contributed by atoms with E-state index in [1.165, 1.54) is 7.11 Å². The average Bonchev–Trinajstić information content (AvgIpc) is 3.24. The highest BCUT2D eigenvalue weighted by Crippen LogP contribution is 2.33. The Morgan fingerprint density at radius 2 is 1.73 bits per heavy atom. The molecule has 1 N–H and O–H groups in total. The molecule has 33 heavy (non-hydrogen) atoms. The second-order valence-corrected chi connectivity index (χ2v) is 8.05. The molecule has 7 heteroatoms. The van der Waals surface area contributed by atoms with E-state index in [0.717, 1.165) is 16.3 Å². The van der Waals surface area contributed by atoms with Crippen molar-refractivity contribution < 1.29 is 23.8 Å². The zero-order valence-electron chi connectivity index (χ0n) is 19.0. The summed E-state index contributed by atoms with van der Waals surface area (Å²) < 4.78 is 16.0. The summed E-state index contributed by atoms with van der Waals surface area (Å²) >= 11 is 0. The van der Waals surface area contributed by atoms with E-state index in [4.69, 9.17) is 14.2 Å². The maximum atomic E-state index is 13.1. The van der Waals surface area contributed by atoms with Crippen molar-refractivity contribution in [2.45, 2.75) is 25.0 Å². The molecule has 1 amide bonds. The van der Waals surface area contributed by atoms with Crippen molar-refractivity contribution in [3.05, 3.63) is 71.8 Å². The molecule has 1 aliphatic rings. The van der Waals surface area contributed by atoms with E-state index in [1.807, 2.05) is 65.6 Å². The van der Waals surface area contributed by atoms with Crippen LogP contribution in [0.4, 0.5) is 0 Å². The fraction of sp³-hybridized carbons (Fsp3) is 0.308. The normalized spacial score (nSPS) is 18.2. The zero-order chi connectivity index (χ0) is 23.4. The molecule has 0 spiro atoms. The van der Waals surface area contributed by atoms with Gasteiger partial charge in [-0.3, -0.25) is 14.5 Å². The first kappa shape index (κ1) is 22.6. The molecule has 3 aromatic carbocycles. The number of benzene rings is 3. The van der Waals surface area contributed by atoms with Gasteiger partial charge < -0.3 is 19.5 Å². The van der Waals surface area contributed by atoms with Crippen molar-refractivity contribution >= 4 is 22.6 Å². The van der Waals surface area contributed by atoms with E-state index in [9.17, 15) is 9.59 Å². The quantitative estimate of drug-likeness (QED) is 0.559. The van der Waals surface area contributed by atoms with Crippen LogP contribution in [0.5, 0.6) is 11.5 Å². The van der Waals surface area contributed by atoms with Gasteiger partial charge in [-0.25, -0.2) is 0 Å². The van der Waals surface area contributed by atoms with E-state index in [-0.39, 0.29) is 17.9 Å². The number of likely N-dealkylation sites (tertiary alicyclic amines) is 1. The van der Waals surface area contributed by atoms with Gasteiger partial charge in [-0.2, -0.15) is 0 Å². The maximum Gasteiger partial charge on any atom is 0.323 e. The van der Waals surface area contributed by atoms with Gasteiger partial charge in [0, 0.05) is 30.3 Å². The van der Waals surface area contributed by atoms with E-state index in [0.29, 0.717) is 36.6 Å². The van der Waals surface area contributed by atoms with Crippen LogP contribution < -0.4 is 14.8 Å². The number of ether oxygens (including phenoxy) is 3. The van der Waals surface area contributed by atoms with Gasteiger partial charge in [-0.15, -0.1) is 0 Å². The largest absolute Gasteiger partial charge is 0.493 e. The van der Waals surface area contributed by atoms with Gasteiger partial charge in [-0.1, -0.05) is 48.5 Å². The minimum absolute atomic E-state index is 0.152. The molecule has 0 radical (unpaired) electrons. The molecule has 3 aromatic rings. The molecular weight excluding hydrogens is 420 g/mol. The molecule has 1 aliphatic heterocycles. The minimum atomic E-state index is -0.469. The maximum absolute atomic E-state index is 13.1. The Bertz CT molecular complexity index is 1160. The average molecular weight is 449 g/mol. The number of hydrogen-bond donors (Lipinski definition) is 1. The molecule has 1 saturated heterocycles. The van der Waals surface area contributed by atoms with Gasteiger partial charge in [0.1, 0.15) is 6.04 Å². The fourth-order valence-electron chi connectivity index (χ4n) is 4.55. The predicted octanol–water partition coefficient (Wildman–Crippen LogP) is 3.40. The van der Waals surface area contributed by atoms with Crippen LogP contribution in [0.25, 0.3) is 10.8 Å². The number of carbonyl (C=O) groups excluding carboxylic acids is 2. The van der Waals surface area contributed by atoms with Crippen molar-refractivity contribution in [2.75, 3.05) is 27.9 Å². The van der Waals surface area contributed by atoms with Crippen molar-refractivity contribution in [1.82, 2.24) is 10.2 Å². The Kier molecular flexibility index (Phi) is 6.79. The topological polar surface area (TPSA) is 77.1 Å². The summed E-state index contributed by atoms with van der Waals surface area (Å²) in [5.41, 5.74) is 1.52. The van der Waals surface area contributed by atoms with Gasteiger partial charge in [0.05, 0.1) is 21.3 Å². The number of para-hydroxylation sites is 1. The monoisotopic (exact) mass is 448 g/mol. The molecule has 0 aromatic heterocycles. The molecule has 1 fully saturated rings. The number of amides is 1. The van der Waals surface area contributed by atoms with Crippen LogP contribution in [0.1, 0.15) is 22.3 Å². The molecule has 172 valence electrons. The molecular formula is C26H28N2O5. The lowest BCUT2D eigenvalue weighted by molar-refractivity contribution is -0.146. The van der Waals surface area contributed by atoms with Crippen LogP contribution in [0.15, 0.2) is 60.7 Å². The third-order valence-electron chi connectivity index (χ3n) is 6.10. The summed E-state index contributed by atoms with van der Waals surface area (Å²) in [4.78, 5) is 27.7. The summed E-state index contributed by atoms with van der Waals surface area (Å²) in [5.74, 6) is 0.788. The summed E-state index contributed by atoms with van der Waals surface area (Å²) in [6, 6.07) is 18.5. The lowest BCUT2D eigenvalue weighted by atomic mass is 10.0. The highest BCUT2D eigenvalue weighted by molar-refractivity contribution is 6.07. The molecule has 7 nitrogen and oxygen atoms in total. The Morgan fingerprint density at radius 3 is 2.48 bits per heavy atom. The number of hydrogen-bond acceptors (Lipinski definition) is 6. The van der Waals surface area contributed by atoms with Crippen LogP contribution in [0.3, 0.4) is 0 Å². The Labute approximate surface area is 193 Å². The molecule has 1 heterocycles. The number of nitrogens with one attached hydrogen (secondary N) is 1. The lowest BCUT2D eigenvalue weighted by Gasteiger charge is -2.23. The third kappa shape index (κ3) is 4.64. The van der Waals surface area contributed by atoms with E-state index < -0.39 is 6.04 Å². The Balaban J connectivity index is 1.54. The van der Waals surface area contributed by atoms with Crippen LogP contribution in [-0.4, -0.2) is 56.7 Å². The highest BCUT2D eigenvalue weighted by atomic mass is 16.5. The number of fused-ring (bicyclic) bond motifs is 1. The second-order valence-electron chi connectivity index (χ2n) is 8.05. The van der Waals surface area contributed by atoms with Crippen LogP contribution >= 0.6 is 0 Å². The number of carbonyl (C=O) groups is 2. The standard InChI is InChI=1S/C26H28N2O5/c1-31-23-13-7-10-18(24(23)32-2)15-28-16-19(14-22(28)26(30)33-3)27-25(29)21-12-6-9-17-8-4-5-11-20(17)21/h4-13,19,22H,14-16H2,1-3H3,(H,27,29)/t19-,22+/m1/s1. The SMILES string of the molecule is COC(=O)[C@@H]1C[C@@H](NC(=O)c2cccc3ccccc23)CN1Cc1cccc(OC)c1OC. The van der Waals surface area contributed by atoms with E-state index in [1.54, 1.807) is 14.2 Å². The first-order valence-electron chi connectivity index (χ1n) is 10.9. The Hall–Kier alpha value is -3.58. The lowest BCUT2D eigenvalue weighted by Crippen LogP contribution is -2.37. The molecule has 0 saturated carbocycles. The summed E-state index contributed by atoms with van der Waals surface area (Å²) in [7, 11) is 4.57. The van der Waals surface area contributed by atoms with E-state index >= 15 is 0 Å². The molecule has 2 atom stereocenters. The molecule has 0 bridgehead atoms. The number of esters is 1. The highest BCUT2D eigenvalue weighted by Gasteiger charge is 2.38. The number of rotatable bonds is 7. The van der Waals surface area contributed by atoms with Crippen molar-refractivity contribution in [1.29, 1.82) is 0 Å². The summed E-state index contributed by atoms with van der Waals surface area (Å²) in [5, 5.41) is 5.03. The smallest absolute Gasteiger partial charge is 0.323 e. The van der Waals surface area contributed by atoms with Gasteiger partial charge in [-0.05, 0) is 29.3 Å². The van der Waals surface area contributed by atoms with Crippen molar-refractivity contribution in [2.24, 2.45) is 0 Å². The Morgan fingerprint density at radius 1 is 0.970 bits per heavy atom. The third-order valence-corrected chi connectivity index (χ3v) is 6.10. The van der Waals surface area contributed by atoms with Crippen LogP contribution in [0, 0.1) is 0 Å². The summed E-state index contributed by atoms with van der Waals surface area (Å²) in [6.45, 7) is 0.970. The second kappa shape index (κ2) is 9.92. The van der Waals surface area contributed by atoms with Gasteiger partial charge in [0.15, 0.2) is 11.5 Å². The van der Waals surface area contributed by atoms with E-state index in [2.05, 4.69) is 5.32 Å². The first-order chi connectivity index (χ1) is 16.0. The molecule has 4 rings (SSSR count). The van der Waals surface area contributed by atoms with Crippen LogP contribution in [0.2, 0.25) is 0 Å². The number of nitrogens with zero attached hydrogens (tertiary/aromatic N) is 1. The molecule has 0 unspecified atom stereocenters. The predicted molar refractivity (Wildman–Crippen MR) is 126 cm³/mol. The molecule has 0 aliphatic carbocycles. The number of methoxy groups -OCH3 is 3. The van der Waals surface area contributed by atoms with Crippen molar-refractivity contribution in [3.8, 4) is 11.5 Å². The van der Waals surface area contributed by atoms with Gasteiger partial charge in [0.25, 0.3) is 5.91 Å². The zero-order valence-corrected chi connectivity index (χ0v) is 19.0. The summed E-state index contributed by atoms with van der Waals surface area (Å²) in [6.07, 6.45) is 0.468. The van der Waals surface area contributed by atoms with Crippen molar-refractivity contribution in [3.63, 3.8) is 0 Å². The van der Waals surface area contributed by atoms with Gasteiger partial charge in [0.2, 0.25) is 0 Å². The fourth-order valence-corrected chi connectivity index (χ4v) is 4.55. The first-order valence-corrected chi connectivity index (χ1v) is 10.9. The van der Waals surface area contributed by atoms with Crippen LogP contribution in [-0.2, 0) is 16.1 Å².